The molecule has 0 aliphatic carbocycles. The number of rotatable bonds is 2. The van der Waals surface area contributed by atoms with Crippen LogP contribution in [0.4, 0.5) is 10.5 Å². The van der Waals surface area contributed by atoms with Gasteiger partial charge in [0.25, 0.3) is 0 Å². The monoisotopic (exact) mass is 331 g/mol. The highest BCUT2D eigenvalue weighted by Crippen LogP contribution is 2.31. The van der Waals surface area contributed by atoms with Crippen LogP contribution in [0.1, 0.15) is 38.3 Å². The molecule has 1 aromatic rings. The van der Waals surface area contributed by atoms with Gasteiger partial charge in [0, 0.05) is 25.8 Å². The van der Waals surface area contributed by atoms with Crippen molar-refractivity contribution in [2.24, 2.45) is 0 Å². The third-order valence-electron chi connectivity index (χ3n) is 4.39. The Morgan fingerprint density at radius 1 is 1.29 bits per heavy atom. The molecular formula is C18H25N3O3. The summed E-state index contributed by atoms with van der Waals surface area (Å²) in [7, 11) is 1.82. The number of nitrogens with one attached hydrogen (secondary N) is 1. The van der Waals surface area contributed by atoms with E-state index in [1.54, 1.807) is 9.80 Å². The van der Waals surface area contributed by atoms with Crippen LogP contribution >= 0.6 is 0 Å². The standard InChI is InChI=1S/C18H25N3O3/c1-18(2,3)24-17(23)21-10-12-6-5-7-14(13(12)11-21)19-15-8-9-20(4)16(15)22/h5-7,15,19H,8-11H2,1-4H3/t15-/m1/s1. The van der Waals surface area contributed by atoms with Crippen LogP contribution in [0.3, 0.4) is 0 Å². The van der Waals surface area contributed by atoms with Crippen molar-refractivity contribution in [3.8, 4) is 0 Å². The molecular weight excluding hydrogens is 306 g/mol. The molecule has 130 valence electrons. The first-order valence-electron chi connectivity index (χ1n) is 8.35. The fourth-order valence-corrected chi connectivity index (χ4v) is 3.16. The molecule has 2 amide bonds. The van der Waals surface area contributed by atoms with E-state index in [4.69, 9.17) is 4.74 Å². The second kappa shape index (κ2) is 6.00. The van der Waals surface area contributed by atoms with E-state index in [1.807, 2.05) is 46.0 Å². The van der Waals surface area contributed by atoms with Crippen LogP contribution in [0.5, 0.6) is 0 Å². The number of fused-ring (bicyclic) bond motifs is 1. The van der Waals surface area contributed by atoms with Gasteiger partial charge in [-0.05, 0) is 44.4 Å². The van der Waals surface area contributed by atoms with Crippen LogP contribution in [0, 0.1) is 0 Å². The maximum absolute atomic E-state index is 12.3. The van der Waals surface area contributed by atoms with Gasteiger partial charge < -0.3 is 15.0 Å². The fourth-order valence-electron chi connectivity index (χ4n) is 3.16. The van der Waals surface area contributed by atoms with Crippen molar-refractivity contribution in [1.82, 2.24) is 9.80 Å². The van der Waals surface area contributed by atoms with E-state index < -0.39 is 5.60 Å². The normalized spacial score (nSPS) is 20.3. The molecule has 2 aliphatic rings. The molecule has 0 saturated carbocycles. The number of anilines is 1. The SMILES string of the molecule is CN1CC[C@@H](Nc2cccc3c2CN(C(=O)OC(C)(C)C)C3)C1=O. The molecule has 1 saturated heterocycles. The van der Waals surface area contributed by atoms with Crippen molar-refractivity contribution in [2.75, 3.05) is 18.9 Å². The molecule has 0 aromatic heterocycles. The predicted molar refractivity (Wildman–Crippen MR) is 91.6 cm³/mol. The Hall–Kier alpha value is -2.24. The van der Waals surface area contributed by atoms with E-state index in [0.29, 0.717) is 13.1 Å². The fraction of sp³-hybridized carbons (Fsp3) is 0.556. The summed E-state index contributed by atoms with van der Waals surface area (Å²) >= 11 is 0. The summed E-state index contributed by atoms with van der Waals surface area (Å²) in [4.78, 5) is 27.9. The number of amides is 2. The summed E-state index contributed by atoms with van der Waals surface area (Å²) in [6.07, 6.45) is 0.496. The van der Waals surface area contributed by atoms with E-state index >= 15 is 0 Å². The van der Waals surface area contributed by atoms with E-state index in [2.05, 4.69) is 5.32 Å². The van der Waals surface area contributed by atoms with E-state index in [-0.39, 0.29) is 18.0 Å². The Kier molecular flexibility index (Phi) is 4.15. The van der Waals surface area contributed by atoms with E-state index in [1.165, 1.54) is 0 Å². The van der Waals surface area contributed by atoms with Crippen molar-refractivity contribution in [3.05, 3.63) is 29.3 Å². The highest BCUT2D eigenvalue weighted by Gasteiger charge is 2.32. The molecule has 2 heterocycles. The van der Waals surface area contributed by atoms with Crippen LogP contribution in [-0.4, -0.2) is 47.0 Å². The third-order valence-corrected chi connectivity index (χ3v) is 4.39. The van der Waals surface area contributed by atoms with Gasteiger partial charge in [0.15, 0.2) is 0 Å². The summed E-state index contributed by atoms with van der Waals surface area (Å²) in [6.45, 7) is 7.41. The third kappa shape index (κ3) is 3.32. The largest absolute Gasteiger partial charge is 0.444 e. The summed E-state index contributed by atoms with van der Waals surface area (Å²) in [5.74, 6) is 0.120. The lowest BCUT2D eigenvalue weighted by molar-refractivity contribution is -0.127. The van der Waals surface area contributed by atoms with E-state index in [0.717, 1.165) is 29.8 Å². The average molecular weight is 331 g/mol. The number of carbonyl (C=O) groups is 2. The molecule has 6 heteroatoms. The first-order valence-corrected chi connectivity index (χ1v) is 8.35. The van der Waals surface area contributed by atoms with Crippen molar-refractivity contribution in [3.63, 3.8) is 0 Å². The van der Waals surface area contributed by atoms with Crippen molar-refractivity contribution >= 4 is 17.7 Å². The number of likely N-dealkylation sites (tertiary alicyclic amines) is 1. The molecule has 0 radical (unpaired) electrons. The van der Waals surface area contributed by atoms with Crippen molar-refractivity contribution < 1.29 is 14.3 Å². The Morgan fingerprint density at radius 3 is 2.67 bits per heavy atom. The second-order valence-electron chi connectivity index (χ2n) is 7.53. The Bertz CT molecular complexity index is 666. The van der Waals surface area contributed by atoms with Crippen LogP contribution in [-0.2, 0) is 22.6 Å². The van der Waals surface area contributed by atoms with Gasteiger partial charge in [-0.25, -0.2) is 4.79 Å². The van der Waals surface area contributed by atoms with Gasteiger partial charge in [-0.2, -0.15) is 0 Å². The number of ether oxygens (including phenoxy) is 1. The minimum absolute atomic E-state index is 0.120. The molecule has 24 heavy (non-hydrogen) atoms. The number of benzene rings is 1. The topological polar surface area (TPSA) is 61.9 Å². The zero-order chi connectivity index (χ0) is 17.5. The lowest BCUT2D eigenvalue weighted by Gasteiger charge is -2.24. The van der Waals surface area contributed by atoms with Gasteiger partial charge in [-0.1, -0.05) is 12.1 Å². The van der Waals surface area contributed by atoms with Gasteiger partial charge in [-0.3, -0.25) is 9.69 Å². The molecule has 0 unspecified atom stereocenters. The number of nitrogens with zero attached hydrogens (tertiary/aromatic N) is 2. The molecule has 6 nitrogen and oxygen atoms in total. The molecule has 0 spiro atoms. The highest BCUT2D eigenvalue weighted by molar-refractivity contribution is 5.87. The van der Waals surface area contributed by atoms with Crippen LogP contribution in [0.2, 0.25) is 0 Å². The molecule has 1 fully saturated rings. The van der Waals surface area contributed by atoms with Crippen LogP contribution in [0.25, 0.3) is 0 Å². The smallest absolute Gasteiger partial charge is 0.410 e. The summed E-state index contributed by atoms with van der Waals surface area (Å²) in [5.41, 5.74) is 2.61. The number of hydrogen-bond acceptors (Lipinski definition) is 4. The van der Waals surface area contributed by atoms with E-state index in [9.17, 15) is 9.59 Å². The molecule has 1 N–H and O–H groups in total. The van der Waals surface area contributed by atoms with Gasteiger partial charge in [0.05, 0.1) is 6.54 Å². The first kappa shape index (κ1) is 16.6. The average Bonchev–Trinajstić information content (AvgIpc) is 3.05. The summed E-state index contributed by atoms with van der Waals surface area (Å²) < 4.78 is 5.46. The molecule has 1 aromatic carbocycles. The quantitative estimate of drug-likeness (QED) is 0.905. The van der Waals surface area contributed by atoms with Gasteiger partial charge >= 0.3 is 6.09 Å². The zero-order valence-electron chi connectivity index (χ0n) is 14.8. The van der Waals surface area contributed by atoms with Gasteiger partial charge in [-0.15, -0.1) is 0 Å². The highest BCUT2D eigenvalue weighted by atomic mass is 16.6. The van der Waals surface area contributed by atoms with Crippen molar-refractivity contribution in [1.29, 1.82) is 0 Å². The first-order chi connectivity index (χ1) is 11.2. The Balaban J connectivity index is 1.73. The van der Waals surface area contributed by atoms with Crippen LogP contribution in [0.15, 0.2) is 18.2 Å². The lowest BCUT2D eigenvalue weighted by atomic mass is 10.1. The minimum atomic E-state index is -0.506. The minimum Gasteiger partial charge on any atom is -0.444 e. The number of likely N-dealkylation sites (N-methyl/N-ethyl adjacent to an activating group) is 1. The van der Waals surface area contributed by atoms with Gasteiger partial charge in [0.2, 0.25) is 5.91 Å². The predicted octanol–water partition coefficient (Wildman–Crippen LogP) is 2.58. The molecule has 1 atom stereocenters. The molecule has 3 rings (SSSR count). The maximum atomic E-state index is 12.3. The van der Waals surface area contributed by atoms with Crippen LogP contribution < -0.4 is 5.32 Å². The zero-order valence-corrected chi connectivity index (χ0v) is 14.8. The Morgan fingerprint density at radius 2 is 2.04 bits per heavy atom. The maximum Gasteiger partial charge on any atom is 0.410 e. The summed E-state index contributed by atoms with van der Waals surface area (Å²) in [5, 5.41) is 3.36. The number of hydrogen-bond donors (Lipinski definition) is 1. The number of carbonyl (C=O) groups excluding carboxylic acids is 2. The van der Waals surface area contributed by atoms with Gasteiger partial charge in [0.1, 0.15) is 11.6 Å². The molecule has 0 bridgehead atoms. The Labute approximate surface area is 142 Å². The second-order valence-corrected chi connectivity index (χ2v) is 7.53. The lowest BCUT2D eigenvalue weighted by Crippen LogP contribution is -2.33. The molecule has 2 aliphatic heterocycles. The van der Waals surface area contributed by atoms with Crippen molar-refractivity contribution in [2.45, 2.75) is 51.9 Å². The summed E-state index contributed by atoms with van der Waals surface area (Å²) in [6, 6.07) is 5.77.